The second kappa shape index (κ2) is 5.19. The topological polar surface area (TPSA) is 70.1 Å². The summed E-state index contributed by atoms with van der Waals surface area (Å²) in [4.78, 5) is 1.10. The molecule has 0 saturated heterocycles. The summed E-state index contributed by atoms with van der Waals surface area (Å²) < 4.78 is 0. The highest BCUT2D eigenvalue weighted by Crippen LogP contribution is 2.24. The molecular weight excluding hydrogens is 208 g/mol. The number of nitrogens with two attached hydrogens (primary N) is 1. The number of nitrogen functional groups attached to an aromatic ring is 1. The van der Waals surface area contributed by atoms with Crippen molar-refractivity contribution in [3.05, 3.63) is 29.3 Å². The number of aryl methyl sites for hydroxylation is 1. The summed E-state index contributed by atoms with van der Waals surface area (Å²) in [5.41, 5.74) is 7.20. The van der Waals surface area contributed by atoms with Gasteiger partial charge in [-0.15, -0.1) is 11.8 Å². The third kappa shape index (κ3) is 3.25. The van der Waals surface area contributed by atoms with Gasteiger partial charge in [-0.2, -0.15) is 0 Å². The molecule has 0 amide bonds. The predicted molar refractivity (Wildman–Crippen MR) is 64.6 cm³/mol. The lowest BCUT2D eigenvalue weighted by Crippen LogP contribution is -2.12. The minimum atomic E-state index is 0.0965. The van der Waals surface area contributed by atoms with Crippen molar-refractivity contribution in [3.8, 4) is 0 Å². The Bertz CT molecular complexity index is 366. The Hall–Kier alpha value is -1.00. The molecule has 1 unspecified atom stereocenters. The molecule has 0 aromatic heterocycles. The van der Waals surface area contributed by atoms with Gasteiger partial charge in [-0.05, 0) is 30.7 Å². The van der Waals surface area contributed by atoms with Crippen LogP contribution in [0.1, 0.15) is 18.1 Å². The van der Waals surface area contributed by atoms with Gasteiger partial charge in [0, 0.05) is 15.7 Å². The number of nitrogens with one attached hydrogen (secondary N) is 1. The summed E-state index contributed by atoms with van der Waals surface area (Å²) in [6.07, 6.45) is 0. The molecule has 1 aromatic rings. The summed E-state index contributed by atoms with van der Waals surface area (Å²) >= 11 is 1.62. The Morgan fingerprint density at radius 2 is 2.27 bits per heavy atom. The van der Waals surface area contributed by atoms with Crippen LogP contribution in [0.15, 0.2) is 23.1 Å². The van der Waals surface area contributed by atoms with Crippen LogP contribution in [-0.2, 0) is 0 Å². The van der Waals surface area contributed by atoms with Gasteiger partial charge in [0.05, 0.1) is 6.61 Å². The van der Waals surface area contributed by atoms with E-state index in [1.54, 1.807) is 11.8 Å². The lowest BCUT2D eigenvalue weighted by molar-refractivity contribution is 0.300. The molecule has 0 aliphatic carbocycles. The van der Waals surface area contributed by atoms with E-state index in [9.17, 15) is 0 Å². The first-order chi connectivity index (χ1) is 7.04. The van der Waals surface area contributed by atoms with Crippen molar-refractivity contribution in [1.82, 2.24) is 0 Å². The highest BCUT2D eigenvalue weighted by Gasteiger charge is 2.06. The first-order valence-corrected chi connectivity index (χ1v) is 5.65. The first kappa shape index (κ1) is 12.1. The average molecular weight is 224 g/mol. The van der Waals surface area contributed by atoms with Crippen molar-refractivity contribution >= 4 is 17.6 Å². The summed E-state index contributed by atoms with van der Waals surface area (Å²) in [6.45, 7) is 4.07. The second-order valence-electron chi connectivity index (χ2n) is 3.50. The van der Waals surface area contributed by atoms with Crippen LogP contribution in [0.3, 0.4) is 0 Å². The van der Waals surface area contributed by atoms with Crippen LogP contribution in [0.4, 0.5) is 0 Å². The largest absolute Gasteiger partial charge is 0.395 e. The van der Waals surface area contributed by atoms with Gasteiger partial charge in [0.1, 0.15) is 5.84 Å². The molecule has 0 spiro atoms. The fourth-order valence-electron chi connectivity index (χ4n) is 1.28. The average Bonchev–Trinajstić information content (AvgIpc) is 2.17. The Morgan fingerprint density at radius 1 is 1.60 bits per heavy atom. The maximum absolute atomic E-state index is 8.93. The van der Waals surface area contributed by atoms with E-state index in [0.717, 1.165) is 16.0 Å². The molecule has 4 heteroatoms. The summed E-state index contributed by atoms with van der Waals surface area (Å²) in [6, 6.07) is 5.78. The van der Waals surface area contributed by atoms with Crippen molar-refractivity contribution in [2.24, 2.45) is 5.73 Å². The van der Waals surface area contributed by atoms with Gasteiger partial charge in [0.2, 0.25) is 0 Å². The number of rotatable bonds is 4. The molecular formula is C11H16N2OS. The molecule has 82 valence electrons. The molecule has 0 saturated carbocycles. The van der Waals surface area contributed by atoms with Crippen LogP contribution >= 0.6 is 11.8 Å². The van der Waals surface area contributed by atoms with Crippen molar-refractivity contribution in [2.45, 2.75) is 24.0 Å². The van der Waals surface area contributed by atoms with Crippen LogP contribution in [0.2, 0.25) is 0 Å². The lowest BCUT2D eigenvalue weighted by atomic mass is 10.1. The van der Waals surface area contributed by atoms with Gasteiger partial charge >= 0.3 is 0 Å². The van der Waals surface area contributed by atoms with Crippen LogP contribution in [0.5, 0.6) is 0 Å². The van der Waals surface area contributed by atoms with Crippen molar-refractivity contribution in [3.63, 3.8) is 0 Å². The van der Waals surface area contributed by atoms with Gasteiger partial charge in [-0.3, -0.25) is 5.41 Å². The minimum absolute atomic E-state index is 0.0965. The van der Waals surface area contributed by atoms with E-state index in [0.29, 0.717) is 0 Å². The van der Waals surface area contributed by atoms with E-state index in [4.69, 9.17) is 16.2 Å². The minimum Gasteiger partial charge on any atom is -0.395 e. The lowest BCUT2D eigenvalue weighted by Gasteiger charge is -2.10. The van der Waals surface area contributed by atoms with Gasteiger partial charge in [-0.25, -0.2) is 0 Å². The van der Waals surface area contributed by atoms with Gasteiger partial charge in [-0.1, -0.05) is 6.92 Å². The third-order valence-corrected chi connectivity index (χ3v) is 3.16. The van der Waals surface area contributed by atoms with Crippen LogP contribution < -0.4 is 5.73 Å². The summed E-state index contributed by atoms with van der Waals surface area (Å²) in [5, 5.41) is 16.5. The molecule has 0 radical (unpaired) electrons. The Labute approximate surface area is 94.2 Å². The number of hydrogen-bond donors (Lipinski definition) is 3. The number of benzene rings is 1. The molecule has 1 atom stereocenters. The number of hydrogen-bond acceptors (Lipinski definition) is 3. The number of amidine groups is 1. The Balaban J connectivity index is 2.87. The van der Waals surface area contributed by atoms with E-state index >= 15 is 0 Å². The summed E-state index contributed by atoms with van der Waals surface area (Å²) in [7, 11) is 0. The zero-order valence-corrected chi connectivity index (χ0v) is 9.77. The van der Waals surface area contributed by atoms with Gasteiger partial charge in [0.15, 0.2) is 0 Å². The van der Waals surface area contributed by atoms with Crippen molar-refractivity contribution < 1.29 is 5.11 Å². The zero-order chi connectivity index (χ0) is 11.4. The summed E-state index contributed by atoms with van der Waals surface area (Å²) in [5.74, 6) is 0.0965. The highest BCUT2D eigenvalue weighted by molar-refractivity contribution is 8.00. The number of aliphatic hydroxyl groups excluding tert-OH is 1. The van der Waals surface area contributed by atoms with E-state index in [1.165, 1.54) is 0 Å². The quantitative estimate of drug-likeness (QED) is 0.414. The maximum Gasteiger partial charge on any atom is 0.123 e. The number of aliphatic hydroxyl groups is 1. The first-order valence-electron chi connectivity index (χ1n) is 4.77. The molecule has 1 aromatic carbocycles. The molecule has 0 aliphatic heterocycles. The SMILES string of the molecule is Cc1cc(SC(C)CO)ccc1C(=N)N. The Morgan fingerprint density at radius 3 is 2.73 bits per heavy atom. The molecule has 3 nitrogen and oxygen atoms in total. The van der Waals surface area contributed by atoms with Crippen LogP contribution in [-0.4, -0.2) is 22.8 Å². The van der Waals surface area contributed by atoms with Gasteiger partial charge < -0.3 is 10.8 Å². The van der Waals surface area contributed by atoms with E-state index in [2.05, 4.69) is 0 Å². The molecule has 1 rings (SSSR count). The molecule has 0 fully saturated rings. The van der Waals surface area contributed by atoms with E-state index < -0.39 is 0 Å². The second-order valence-corrected chi connectivity index (χ2v) is 5.01. The normalized spacial score (nSPS) is 12.5. The van der Waals surface area contributed by atoms with Crippen LogP contribution in [0, 0.1) is 12.3 Å². The smallest absolute Gasteiger partial charge is 0.123 e. The fourth-order valence-corrected chi connectivity index (χ4v) is 2.21. The highest BCUT2D eigenvalue weighted by atomic mass is 32.2. The molecule has 15 heavy (non-hydrogen) atoms. The van der Waals surface area contributed by atoms with Gasteiger partial charge in [0.25, 0.3) is 0 Å². The predicted octanol–water partition coefficient (Wildman–Crippen LogP) is 1.75. The fraction of sp³-hybridized carbons (Fsp3) is 0.364. The monoisotopic (exact) mass is 224 g/mol. The zero-order valence-electron chi connectivity index (χ0n) is 8.95. The molecule has 0 aliphatic rings. The standard InChI is InChI=1S/C11H16N2OS/c1-7-5-9(15-8(2)6-14)3-4-10(7)11(12)13/h3-5,8,14H,6H2,1-2H3,(H3,12,13). The molecule has 4 N–H and O–H groups in total. The Kier molecular flexibility index (Phi) is 4.17. The van der Waals surface area contributed by atoms with Crippen LogP contribution in [0.25, 0.3) is 0 Å². The van der Waals surface area contributed by atoms with E-state index in [1.807, 2.05) is 32.0 Å². The van der Waals surface area contributed by atoms with Crippen molar-refractivity contribution in [1.29, 1.82) is 5.41 Å². The number of thioether (sulfide) groups is 1. The molecule has 0 heterocycles. The maximum atomic E-state index is 8.93. The third-order valence-electron chi connectivity index (χ3n) is 2.08. The van der Waals surface area contributed by atoms with E-state index in [-0.39, 0.29) is 17.7 Å². The van der Waals surface area contributed by atoms with Crippen molar-refractivity contribution in [2.75, 3.05) is 6.61 Å². The molecule has 0 bridgehead atoms.